The minimum absolute atomic E-state index is 0.569. The highest BCUT2D eigenvalue weighted by Gasteiger charge is 2.21. The van der Waals surface area contributed by atoms with Crippen molar-refractivity contribution in [1.82, 2.24) is 9.88 Å². The maximum absolute atomic E-state index is 10.8. The Bertz CT molecular complexity index is 696. The summed E-state index contributed by atoms with van der Waals surface area (Å²) in [6.07, 6.45) is 2.25. The van der Waals surface area contributed by atoms with E-state index in [0.717, 1.165) is 49.7 Å². The van der Waals surface area contributed by atoms with Crippen LogP contribution in [0.15, 0.2) is 42.6 Å². The Balaban J connectivity index is 1.64. The Labute approximate surface area is 155 Å². The highest BCUT2D eigenvalue weighted by Crippen LogP contribution is 2.30. The molecule has 1 aliphatic rings. The van der Waals surface area contributed by atoms with E-state index < -0.39 is 6.10 Å². The number of β-amino-alcohol motifs (C(OH)–C–C–N with tert-alkyl or cyclic N) is 1. The molecule has 1 unspecified atom stereocenters. The summed E-state index contributed by atoms with van der Waals surface area (Å²) in [6.45, 7) is 4.29. The molecule has 1 aliphatic heterocycles. The summed E-state index contributed by atoms with van der Waals surface area (Å²) >= 11 is 0. The molecule has 0 aliphatic carbocycles. The molecule has 1 fully saturated rings. The van der Waals surface area contributed by atoms with Gasteiger partial charge in [-0.15, -0.1) is 0 Å². The van der Waals surface area contributed by atoms with Crippen LogP contribution in [0.3, 0.4) is 0 Å². The molecule has 0 spiro atoms. The van der Waals surface area contributed by atoms with Crippen molar-refractivity contribution in [2.75, 3.05) is 51.8 Å². The van der Waals surface area contributed by atoms with Crippen molar-refractivity contribution in [2.24, 2.45) is 0 Å². The molecule has 3 rings (SSSR count). The second kappa shape index (κ2) is 8.87. The van der Waals surface area contributed by atoms with Gasteiger partial charge in [-0.2, -0.15) is 0 Å². The van der Waals surface area contributed by atoms with E-state index in [4.69, 9.17) is 9.47 Å². The number of anilines is 1. The van der Waals surface area contributed by atoms with Crippen LogP contribution in [-0.4, -0.2) is 61.9 Å². The van der Waals surface area contributed by atoms with Crippen LogP contribution in [0.5, 0.6) is 11.5 Å². The van der Waals surface area contributed by atoms with Crippen molar-refractivity contribution >= 4 is 5.82 Å². The lowest BCUT2D eigenvalue weighted by molar-refractivity contribution is 0.114. The number of benzene rings is 1. The first kappa shape index (κ1) is 18.5. The number of methoxy groups -OCH3 is 2. The molecule has 26 heavy (non-hydrogen) atoms. The van der Waals surface area contributed by atoms with E-state index in [9.17, 15) is 5.11 Å². The number of hydrogen-bond acceptors (Lipinski definition) is 6. The van der Waals surface area contributed by atoms with Gasteiger partial charge in [0, 0.05) is 44.5 Å². The van der Waals surface area contributed by atoms with Gasteiger partial charge in [-0.3, -0.25) is 4.90 Å². The SMILES string of the molecule is COc1ccc(OC)c(C(O)CN2CCCN(c3ccccn3)CC2)c1. The molecule has 2 aromatic rings. The van der Waals surface area contributed by atoms with Gasteiger partial charge in [-0.1, -0.05) is 6.07 Å². The Hall–Kier alpha value is -2.31. The topological polar surface area (TPSA) is 58.1 Å². The summed E-state index contributed by atoms with van der Waals surface area (Å²) in [5, 5.41) is 10.8. The molecule has 0 bridgehead atoms. The average Bonchev–Trinajstić information content (AvgIpc) is 2.93. The number of rotatable bonds is 6. The third-order valence-electron chi connectivity index (χ3n) is 4.79. The van der Waals surface area contributed by atoms with Gasteiger partial charge in [0.15, 0.2) is 0 Å². The zero-order valence-corrected chi connectivity index (χ0v) is 15.5. The van der Waals surface area contributed by atoms with Crippen molar-refractivity contribution in [3.05, 3.63) is 48.2 Å². The van der Waals surface area contributed by atoms with Crippen molar-refractivity contribution in [2.45, 2.75) is 12.5 Å². The number of hydrogen-bond donors (Lipinski definition) is 1. The number of aliphatic hydroxyl groups is 1. The average molecular weight is 357 g/mol. The van der Waals surface area contributed by atoms with Crippen LogP contribution >= 0.6 is 0 Å². The lowest BCUT2D eigenvalue weighted by Crippen LogP contribution is -2.33. The van der Waals surface area contributed by atoms with Crippen LogP contribution in [0, 0.1) is 0 Å². The van der Waals surface area contributed by atoms with E-state index in [1.54, 1.807) is 14.2 Å². The molecule has 0 radical (unpaired) electrons. The molecule has 1 saturated heterocycles. The van der Waals surface area contributed by atoms with E-state index in [1.807, 2.05) is 42.6 Å². The fourth-order valence-electron chi connectivity index (χ4n) is 3.37. The lowest BCUT2D eigenvalue weighted by Gasteiger charge is -2.25. The van der Waals surface area contributed by atoms with Crippen LogP contribution < -0.4 is 14.4 Å². The highest BCUT2D eigenvalue weighted by atomic mass is 16.5. The molecular formula is C20H27N3O3. The van der Waals surface area contributed by atoms with Gasteiger partial charge in [0.1, 0.15) is 17.3 Å². The molecule has 2 heterocycles. The predicted octanol–water partition coefficient (Wildman–Crippen LogP) is 2.34. The fraction of sp³-hybridized carbons (Fsp3) is 0.450. The van der Waals surface area contributed by atoms with Crippen LogP contribution in [0.1, 0.15) is 18.1 Å². The van der Waals surface area contributed by atoms with E-state index in [1.165, 1.54) is 0 Å². The van der Waals surface area contributed by atoms with Crippen molar-refractivity contribution in [3.8, 4) is 11.5 Å². The van der Waals surface area contributed by atoms with Gasteiger partial charge in [-0.25, -0.2) is 4.98 Å². The van der Waals surface area contributed by atoms with E-state index in [2.05, 4.69) is 14.8 Å². The first-order valence-electron chi connectivity index (χ1n) is 8.99. The normalized spacial score (nSPS) is 16.8. The van der Waals surface area contributed by atoms with Crippen LogP contribution in [0.4, 0.5) is 5.82 Å². The number of pyridine rings is 1. The summed E-state index contributed by atoms with van der Waals surface area (Å²) in [6, 6.07) is 11.5. The number of aliphatic hydroxyl groups excluding tert-OH is 1. The maximum atomic E-state index is 10.8. The van der Waals surface area contributed by atoms with Gasteiger partial charge in [0.25, 0.3) is 0 Å². The summed E-state index contributed by atoms with van der Waals surface area (Å²) in [5.41, 5.74) is 0.762. The molecule has 6 nitrogen and oxygen atoms in total. The van der Waals surface area contributed by atoms with Crippen LogP contribution in [0.2, 0.25) is 0 Å². The zero-order valence-electron chi connectivity index (χ0n) is 15.5. The molecule has 1 N–H and O–H groups in total. The summed E-state index contributed by atoms with van der Waals surface area (Å²) in [7, 11) is 3.24. The maximum Gasteiger partial charge on any atom is 0.128 e. The molecule has 1 aromatic heterocycles. The third-order valence-corrected chi connectivity index (χ3v) is 4.79. The molecule has 0 amide bonds. The van der Waals surface area contributed by atoms with E-state index >= 15 is 0 Å². The summed E-state index contributed by atoms with van der Waals surface area (Å²) in [5.74, 6) is 2.42. The first-order chi connectivity index (χ1) is 12.7. The summed E-state index contributed by atoms with van der Waals surface area (Å²) in [4.78, 5) is 9.05. The van der Waals surface area contributed by atoms with Crippen molar-refractivity contribution < 1.29 is 14.6 Å². The molecule has 6 heteroatoms. The first-order valence-corrected chi connectivity index (χ1v) is 8.99. The van der Waals surface area contributed by atoms with Gasteiger partial charge in [-0.05, 0) is 36.8 Å². The molecule has 1 aromatic carbocycles. The highest BCUT2D eigenvalue weighted by molar-refractivity contribution is 5.42. The summed E-state index contributed by atoms with van der Waals surface area (Å²) < 4.78 is 10.7. The van der Waals surface area contributed by atoms with Crippen LogP contribution in [0.25, 0.3) is 0 Å². The minimum Gasteiger partial charge on any atom is -0.497 e. The predicted molar refractivity (Wildman–Crippen MR) is 102 cm³/mol. The quantitative estimate of drug-likeness (QED) is 0.856. The van der Waals surface area contributed by atoms with E-state index in [0.29, 0.717) is 12.3 Å². The van der Waals surface area contributed by atoms with Gasteiger partial charge in [0.05, 0.1) is 20.3 Å². The number of ether oxygens (including phenoxy) is 2. The van der Waals surface area contributed by atoms with E-state index in [-0.39, 0.29) is 0 Å². The molecule has 1 atom stereocenters. The Morgan fingerprint density at radius 1 is 1.08 bits per heavy atom. The second-order valence-electron chi connectivity index (χ2n) is 6.45. The Kier molecular flexibility index (Phi) is 6.30. The van der Waals surface area contributed by atoms with Crippen molar-refractivity contribution in [1.29, 1.82) is 0 Å². The van der Waals surface area contributed by atoms with Gasteiger partial charge < -0.3 is 19.5 Å². The third kappa shape index (κ3) is 4.45. The van der Waals surface area contributed by atoms with Gasteiger partial charge >= 0.3 is 0 Å². The standard InChI is InChI=1S/C20H27N3O3/c1-25-16-7-8-19(26-2)17(14-16)18(24)15-22-10-5-11-23(13-12-22)20-6-3-4-9-21-20/h3-4,6-9,14,18,24H,5,10-13,15H2,1-2H3. The minimum atomic E-state index is -0.624. The molecular weight excluding hydrogens is 330 g/mol. The smallest absolute Gasteiger partial charge is 0.128 e. The zero-order chi connectivity index (χ0) is 18.4. The Morgan fingerprint density at radius 2 is 1.96 bits per heavy atom. The molecule has 140 valence electrons. The Morgan fingerprint density at radius 3 is 2.69 bits per heavy atom. The lowest BCUT2D eigenvalue weighted by atomic mass is 10.1. The monoisotopic (exact) mass is 357 g/mol. The van der Waals surface area contributed by atoms with Gasteiger partial charge in [0.2, 0.25) is 0 Å². The van der Waals surface area contributed by atoms with Crippen molar-refractivity contribution in [3.63, 3.8) is 0 Å². The number of aromatic nitrogens is 1. The number of nitrogens with zero attached hydrogens (tertiary/aromatic N) is 3. The largest absolute Gasteiger partial charge is 0.497 e. The fourth-order valence-corrected chi connectivity index (χ4v) is 3.37. The van der Waals surface area contributed by atoms with Crippen LogP contribution in [-0.2, 0) is 0 Å². The molecule has 0 saturated carbocycles. The second-order valence-corrected chi connectivity index (χ2v) is 6.45.